The Morgan fingerprint density at radius 2 is 1.88 bits per heavy atom. The lowest BCUT2D eigenvalue weighted by Gasteiger charge is -2.14. The molecule has 0 saturated heterocycles. The van der Waals surface area contributed by atoms with E-state index in [2.05, 4.69) is 5.32 Å². The maximum atomic E-state index is 12.2. The first-order valence-electron chi connectivity index (χ1n) is 7.30. The van der Waals surface area contributed by atoms with Gasteiger partial charge in [-0.25, -0.2) is 4.79 Å². The molecule has 8 heteroatoms. The number of carbonyl (C=O) groups excluding carboxylic acids is 2. The zero-order chi connectivity index (χ0) is 18.0. The van der Waals surface area contributed by atoms with E-state index in [0.29, 0.717) is 22.2 Å². The molecule has 0 saturated carbocycles. The Hall–Kier alpha value is -2.44. The van der Waals surface area contributed by atoms with Gasteiger partial charge in [0.05, 0.1) is 10.6 Å². The van der Waals surface area contributed by atoms with Crippen molar-refractivity contribution in [3.8, 4) is 11.5 Å². The third kappa shape index (κ3) is 3.97. The van der Waals surface area contributed by atoms with Crippen molar-refractivity contribution >= 4 is 40.8 Å². The van der Waals surface area contributed by atoms with Gasteiger partial charge in [-0.3, -0.25) is 4.79 Å². The molecule has 130 valence electrons. The molecule has 25 heavy (non-hydrogen) atoms. The van der Waals surface area contributed by atoms with Gasteiger partial charge in [0, 0.05) is 16.8 Å². The Morgan fingerprint density at radius 1 is 1.12 bits per heavy atom. The number of ether oxygens (including phenoxy) is 3. The third-order valence-electron chi connectivity index (χ3n) is 3.44. The number of rotatable bonds is 4. The van der Waals surface area contributed by atoms with Gasteiger partial charge >= 0.3 is 5.97 Å². The Morgan fingerprint density at radius 3 is 2.64 bits per heavy atom. The Labute approximate surface area is 153 Å². The Kier molecular flexibility index (Phi) is 5.01. The summed E-state index contributed by atoms with van der Waals surface area (Å²) in [4.78, 5) is 24.3. The minimum Gasteiger partial charge on any atom is -0.454 e. The average Bonchev–Trinajstić information content (AvgIpc) is 3.02. The highest BCUT2D eigenvalue weighted by molar-refractivity contribution is 6.36. The molecule has 0 aliphatic carbocycles. The summed E-state index contributed by atoms with van der Waals surface area (Å²) < 4.78 is 15.6. The molecule has 1 aliphatic heterocycles. The predicted molar refractivity (Wildman–Crippen MR) is 92.5 cm³/mol. The fourth-order valence-electron chi connectivity index (χ4n) is 2.15. The van der Waals surface area contributed by atoms with Crippen molar-refractivity contribution < 1.29 is 23.8 Å². The largest absolute Gasteiger partial charge is 0.454 e. The van der Waals surface area contributed by atoms with Crippen LogP contribution in [0.2, 0.25) is 10.0 Å². The van der Waals surface area contributed by atoms with Crippen LogP contribution < -0.4 is 14.8 Å². The summed E-state index contributed by atoms with van der Waals surface area (Å²) in [5, 5.41) is 3.20. The first-order valence-corrected chi connectivity index (χ1v) is 8.06. The molecular weight excluding hydrogens is 369 g/mol. The molecular formula is C17H13Cl2NO5. The van der Waals surface area contributed by atoms with E-state index in [9.17, 15) is 9.59 Å². The van der Waals surface area contributed by atoms with Gasteiger partial charge in [-0.15, -0.1) is 0 Å². The molecule has 0 unspecified atom stereocenters. The van der Waals surface area contributed by atoms with Crippen molar-refractivity contribution in [3.05, 3.63) is 52.0 Å². The highest BCUT2D eigenvalue weighted by Gasteiger charge is 2.22. The zero-order valence-electron chi connectivity index (χ0n) is 13.0. The summed E-state index contributed by atoms with van der Waals surface area (Å²) in [6.45, 7) is 1.60. The molecule has 1 atom stereocenters. The predicted octanol–water partition coefficient (Wildman–Crippen LogP) is 3.91. The monoisotopic (exact) mass is 381 g/mol. The highest BCUT2D eigenvalue weighted by atomic mass is 35.5. The molecule has 6 nitrogen and oxygen atoms in total. The number of anilines is 1. The summed E-state index contributed by atoms with van der Waals surface area (Å²) in [6.07, 6.45) is -1.02. The van der Waals surface area contributed by atoms with Gasteiger partial charge < -0.3 is 19.5 Å². The quantitative estimate of drug-likeness (QED) is 0.812. The fourth-order valence-corrected chi connectivity index (χ4v) is 2.64. The van der Waals surface area contributed by atoms with E-state index in [1.165, 1.54) is 25.1 Å². The van der Waals surface area contributed by atoms with E-state index in [1.54, 1.807) is 18.2 Å². The molecule has 1 heterocycles. The Bertz CT molecular complexity index is 840. The van der Waals surface area contributed by atoms with Crippen LogP contribution >= 0.6 is 23.2 Å². The number of halogens is 2. The van der Waals surface area contributed by atoms with E-state index in [1.807, 2.05) is 0 Å². The van der Waals surface area contributed by atoms with Crippen molar-refractivity contribution in [2.45, 2.75) is 13.0 Å². The van der Waals surface area contributed by atoms with Crippen molar-refractivity contribution in [3.63, 3.8) is 0 Å². The fraction of sp³-hybridized carbons (Fsp3) is 0.176. The van der Waals surface area contributed by atoms with E-state index in [-0.39, 0.29) is 17.4 Å². The molecule has 0 aromatic heterocycles. The molecule has 0 fully saturated rings. The van der Waals surface area contributed by atoms with Crippen LogP contribution in [0.1, 0.15) is 17.3 Å². The molecule has 1 N–H and O–H groups in total. The standard InChI is InChI=1S/C17H13Cl2NO5/c1-9(25-17(22)12-4-2-10(18)6-13(12)19)16(21)20-11-3-5-14-15(7-11)24-8-23-14/h2-7,9H,8H2,1H3,(H,20,21)/t9-/m0/s1. The molecule has 1 aliphatic rings. The number of fused-ring (bicyclic) bond motifs is 1. The number of hydrogen-bond acceptors (Lipinski definition) is 5. The van der Waals surface area contributed by atoms with Crippen LogP contribution in [0.25, 0.3) is 0 Å². The maximum absolute atomic E-state index is 12.2. The number of carbonyl (C=O) groups is 2. The Balaban J connectivity index is 1.63. The van der Waals surface area contributed by atoms with Crippen molar-refractivity contribution in [1.82, 2.24) is 0 Å². The lowest BCUT2D eigenvalue weighted by Crippen LogP contribution is -2.30. The number of amides is 1. The maximum Gasteiger partial charge on any atom is 0.340 e. The van der Waals surface area contributed by atoms with Gasteiger partial charge in [-0.2, -0.15) is 0 Å². The van der Waals surface area contributed by atoms with Crippen LogP contribution in [-0.2, 0) is 9.53 Å². The molecule has 0 radical (unpaired) electrons. The lowest BCUT2D eigenvalue weighted by molar-refractivity contribution is -0.123. The molecule has 0 bridgehead atoms. The second kappa shape index (κ2) is 7.21. The SMILES string of the molecule is C[C@H](OC(=O)c1ccc(Cl)cc1Cl)C(=O)Nc1ccc2c(c1)OCO2. The van der Waals surface area contributed by atoms with Crippen LogP contribution in [-0.4, -0.2) is 24.8 Å². The number of benzene rings is 2. The number of hydrogen-bond donors (Lipinski definition) is 1. The lowest BCUT2D eigenvalue weighted by atomic mass is 10.2. The summed E-state index contributed by atoms with van der Waals surface area (Å²) in [5.74, 6) is -0.0578. The van der Waals surface area contributed by atoms with Gasteiger partial charge in [-0.1, -0.05) is 23.2 Å². The van der Waals surface area contributed by atoms with Crippen molar-refractivity contribution in [2.75, 3.05) is 12.1 Å². The van der Waals surface area contributed by atoms with Crippen molar-refractivity contribution in [1.29, 1.82) is 0 Å². The second-order valence-corrected chi connectivity index (χ2v) is 6.07. The number of nitrogens with one attached hydrogen (secondary N) is 1. The summed E-state index contributed by atoms with van der Waals surface area (Å²) in [5.41, 5.74) is 0.635. The van der Waals surface area contributed by atoms with Gasteiger partial charge in [0.2, 0.25) is 6.79 Å². The molecule has 0 spiro atoms. The van der Waals surface area contributed by atoms with Gasteiger partial charge in [0.25, 0.3) is 5.91 Å². The first-order chi connectivity index (χ1) is 11.9. The first kappa shape index (κ1) is 17.4. The molecule has 2 aromatic carbocycles. The summed E-state index contributed by atoms with van der Waals surface area (Å²) in [7, 11) is 0. The minimum atomic E-state index is -1.02. The smallest absolute Gasteiger partial charge is 0.340 e. The van der Waals surface area contributed by atoms with Gasteiger partial charge in [0.15, 0.2) is 17.6 Å². The zero-order valence-corrected chi connectivity index (χ0v) is 14.6. The van der Waals surface area contributed by atoms with Gasteiger partial charge in [0.1, 0.15) is 0 Å². The number of esters is 1. The van der Waals surface area contributed by atoms with Crippen LogP contribution in [0.4, 0.5) is 5.69 Å². The average molecular weight is 382 g/mol. The minimum absolute atomic E-state index is 0.133. The normalized spacial score (nSPS) is 13.2. The van der Waals surface area contributed by atoms with E-state index in [0.717, 1.165) is 0 Å². The van der Waals surface area contributed by atoms with Crippen LogP contribution in [0.15, 0.2) is 36.4 Å². The molecule has 1 amide bonds. The topological polar surface area (TPSA) is 73.9 Å². The molecule has 3 rings (SSSR count). The highest BCUT2D eigenvalue weighted by Crippen LogP contribution is 2.34. The van der Waals surface area contributed by atoms with Gasteiger partial charge in [-0.05, 0) is 37.3 Å². The second-order valence-electron chi connectivity index (χ2n) is 5.23. The summed E-state index contributed by atoms with van der Waals surface area (Å²) >= 11 is 11.7. The van der Waals surface area contributed by atoms with E-state index in [4.69, 9.17) is 37.4 Å². The van der Waals surface area contributed by atoms with E-state index < -0.39 is 18.0 Å². The van der Waals surface area contributed by atoms with Crippen LogP contribution in [0.5, 0.6) is 11.5 Å². The summed E-state index contributed by atoms with van der Waals surface area (Å²) in [6, 6.07) is 9.36. The van der Waals surface area contributed by atoms with Crippen molar-refractivity contribution in [2.24, 2.45) is 0 Å². The van der Waals surface area contributed by atoms with Crippen LogP contribution in [0.3, 0.4) is 0 Å². The van der Waals surface area contributed by atoms with Crippen LogP contribution in [0, 0.1) is 0 Å². The third-order valence-corrected chi connectivity index (χ3v) is 3.99. The van der Waals surface area contributed by atoms with E-state index >= 15 is 0 Å². The molecule has 2 aromatic rings.